The Balaban J connectivity index is 2.56. The van der Waals surface area contributed by atoms with E-state index in [0.717, 1.165) is 12.2 Å². The van der Waals surface area contributed by atoms with Crippen molar-refractivity contribution in [1.29, 1.82) is 0 Å². The summed E-state index contributed by atoms with van der Waals surface area (Å²) in [5.41, 5.74) is 3.73. The van der Waals surface area contributed by atoms with Gasteiger partial charge in [-0.1, -0.05) is 13.8 Å². The standard InChI is InChI=1S/C10H12N2/c1-7(2)8-3-4-12-10-6-11-5-9(8)10/h3-5,7H,6H2,1-2H3. The molecule has 0 unspecified atom stereocenters. The Labute approximate surface area is 72.4 Å². The highest BCUT2D eigenvalue weighted by Gasteiger charge is 2.13. The second-order valence-electron chi connectivity index (χ2n) is 3.39. The summed E-state index contributed by atoms with van der Waals surface area (Å²) >= 11 is 0. The lowest BCUT2D eigenvalue weighted by Crippen LogP contribution is -1.98. The van der Waals surface area contributed by atoms with Crippen molar-refractivity contribution >= 4 is 6.21 Å². The van der Waals surface area contributed by atoms with Crippen LogP contribution in [0.3, 0.4) is 0 Å². The molecule has 0 bridgehead atoms. The zero-order valence-electron chi connectivity index (χ0n) is 7.41. The minimum atomic E-state index is 0.561. The maximum atomic E-state index is 4.28. The largest absolute Gasteiger partial charge is 0.286 e. The number of pyridine rings is 1. The lowest BCUT2D eigenvalue weighted by atomic mass is 9.98. The Bertz CT molecular complexity index is 327. The molecule has 0 aliphatic carbocycles. The first-order chi connectivity index (χ1) is 5.79. The van der Waals surface area contributed by atoms with Crippen molar-refractivity contribution in [2.75, 3.05) is 0 Å². The van der Waals surface area contributed by atoms with Crippen LogP contribution >= 0.6 is 0 Å². The maximum absolute atomic E-state index is 4.28. The minimum absolute atomic E-state index is 0.561. The molecule has 0 fully saturated rings. The van der Waals surface area contributed by atoms with Gasteiger partial charge in [-0.3, -0.25) is 9.98 Å². The van der Waals surface area contributed by atoms with Crippen molar-refractivity contribution < 1.29 is 0 Å². The maximum Gasteiger partial charge on any atom is 0.0818 e. The van der Waals surface area contributed by atoms with Gasteiger partial charge in [0.15, 0.2) is 0 Å². The van der Waals surface area contributed by atoms with E-state index in [4.69, 9.17) is 0 Å². The fraction of sp³-hybridized carbons (Fsp3) is 0.400. The van der Waals surface area contributed by atoms with Crippen LogP contribution < -0.4 is 0 Å². The van der Waals surface area contributed by atoms with Gasteiger partial charge in [0.05, 0.1) is 12.2 Å². The van der Waals surface area contributed by atoms with E-state index in [1.165, 1.54) is 11.1 Å². The smallest absolute Gasteiger partial charge is 0.0818 e. The molecule has 0 amide bonds. The molecule has 1 aromatic heterocycles. The fourth-order valence-corrected chi connectivity index (χ4v) is 1.54. The lowest BCUT2D eigenvalue weighted by molar-refractivity contribution is 0.855. The topological polar surface area (TPSA) is 25.2 Å². The molecule has 12 heavy (non-hydrogen) atoms. The van der Waals surface area contributed by atoms with E-state index in [9.17, 15) is 0 Å². The normalized spacial score (nSPS) is 13.9. The monoisotopic (exact) mass is 160 g/mol. The summed E-state index contributed by atoms with van der Waals surface area (Å²) in [6.45, 7) is 5.15. The van der Waals surface area contributed by atoms with Crippen LogP contribution in [0.25, 0.3) is 0 Å². The summed E-state index contributed by atoms with van der Waals surface area (Å²) in [7, 11) is 0. The summed E-state index contributed by atoms with van der Waals surface area (Å²) < 4.78 is 0. The third-order valence-electron chi connectivity index (χ3n) is 2.19. The number of aromatic nitrogens is 1. The molecule has 0 saturated heterocycles. The van der Waals surface area contributed by atoms with Gasteiger partial charge >= 0.3 is 0 Å². The molecule has 0 radical (unpaired) electrons. The van der Waals surface area contributed by atoms with Gasteiger partial charge in [0.25, 0.3) is 0 Å². The first kappa shape index (κ1) is 7.47. The molecular formula is C10H12N2. The molecule has 0 aromatic carbocycles. The second-order valence-corrected chi connectivity index (χ2v) is 3.39. The van der Waals surface area contributed by atoms with E-state index in [-0.39, 0.29) is 0 Å². The average molecular weight is 160 g/mol. The molecule has 62 valence electrons. The Hall–Kier alpha value is -1.18. The van der Waals surface area contributed by atoms with Crippen LogP contribution in [0.2, 0.25) is 0 Å². The van der Waals surface area contributed by atoms with E-state index in [1.54, 1.807) is 0 Å². The Morgan fingerprint density at radius 2 is 2.25 bits per heavy atom. The highest BCUT2D eigenvalue weighted by atomic mass is 14.8. The molecule has 0 saturated carbocycles. The van der Waals surface area contributed by atoms with Crippen LogP contribution in [0.15, 0.2) is 17.3 Å². The van der Waals surface area contributed by atoms with Gasteiger partial charge in [-0.2, -0.15) is 0 Å². The van der Waals surface area contributed by atoms with E-state index in [2.05, 4.69) is 29.9 Å². The van der Waals surface area contributed by atoms with E-state index >= 15 is 0 Å². The number of nitrogens with zero attached hydrogens (tertiary/aromatic N) is 2. The van der Waals surface area contributed by atoms with E-state index in [0.29, 0.717) is 5.92 Å². The predicted octanol–water partition coefficient (Wildman–Crippen LogP) is 2.14. The van der Waals surface area contributed by atoms with Crippen molar-refractivity contribution in [3.8, 4) is 0 Å². The zero-order valence-corrected chi connectivity index (χ0v) is 7.41. The Kier molecular flexibility index (Phi) is 1.68. The molecule has 1 aliphatic heterocycles. The lowest BCUT2D eigenvalue weighted by Gasteiger charge is -2.08. The first-order valence-corrected chi connectivity index (χ1v) is 4.26. The van der Waals surface area contributed by atoms with Crippen LogP contribution in [-0.2, 0) is 6.54 Å². The molecule has 2 nitrogen and oxygen atoms in total. The van der Waals surface area contributed by atoms with Gasteiger partial charge < -0.3 is 0 Å². The number of rotatable bonds is 1. The van der Waals surface area contributed by atoms with E-state index < -0.39 is 0 Å². The van der Waals surface area contributed by atoms with Crippen molar-refractivity contribution in [2.45, 2.75) is 26.3 Å². The molecular weight excluding hydrogens is 148 g/mol. The van der Waals surface area contributed by atoms with Gasteiger partial charge in [0, 0.05) is 18.0 Å². The van der Waals surface area contributed by atoms with Crippen LogP contribution in [0.4, 0.5) is 0 Å². The zero-order chi connectivity index (χ0) is 8.55. The van der Waals surface area contributed by atoms with Crippen LogP contribution in [0, 0.1) is 0 Å². The SMILES string of the molecule is CC(C)c1ccnc2c1C=NC2. The van der Waals surface area contributed by atoms with Gasteiger partial charge in [-0.05, 0) is 17.5 Å². The van der Waals surface area contributed by atoms with Gasteiger partial charge in [-0.25, -0.2) is 0 Å². The van der Waals surface area contributed by atoms with Crippen molar-refractivity contribution in [3.63, 3.8) is 0 Å². The summed E-state index contributed by atoms with van der Waals surface area (Å²) in [5, 5.41) is 0. The van der Waals surface area contributed by atoms with Gasteiger partial charge in [0.2, 0.25) is 0 Å². The number of fused-ring (bicyclic) bond motifs is 1. The predicted molar refractivity (Wildman–Crippen MR) is 49.6 cm³/mol. The molecule has 1 aromatic rings. The van der Waals surface area contributed by atoms with Crippen molar-refractivity contribution in [1.82, 2.24) is 4.98 Å². The number of hydrogen-bond acceptors (Lipinski definition) is 2. The Morgan fingerprint density at radius 3 is 3.00 bits per heavy atom. The molecule has 2 rings (SSSR count). The summed E-state index contributed by atoms with van der Waals surface area (Å²) in [6, 6.07) is 2.08. The molecule has 2 heterocycles. The van der Waals surface area contributed by atoms with Crippen LogP contribution in [0.1, 0.15) is 36.6 Å². The van der Waals surface area contributed by atoms with E-state index in [1.807, 2.05) is 12.4 Å². The Morgan fingerprint density at radius 1 is 1.42 bits per heavy atom. The average Bonchev–Trinajstić information content (AvgIpc) is 2.49. The summed E-state index contributed by atoms with van der Waals surface area (Å²) in [4.78, 5) is 8.48. The molecule has 0 atom stereocenters. The fourth-order valence-electron chi connectivity index (χ4n) is 1.54. The summed E-state index contributed by atoms with van der Waals surface area (Å²) in [6.07, 6.45) is 3.82. The third kappa shape index (κ3) is 1.04. The third-order valence-corrected chi connectivity index (χ3v) is 2.19. The first-order valence-electron chi connectivity index (χ1n) is 4.26. The molecule has 0 N–H and O–H groups in total. The van der Waals surface area contributed by atoms with Gasteiger partial charge in [0.1, 0.15) is 0 Å². The molecule has 0 spiro atoms. The van der Waals surface area contributed by atoms with Crippen LogP contribution in [-0.4, -0.2) is 11.2 Å². The van der Waals surface area contributed by atoms with Crippen molar-refractivity contribution in [2.24, 2.45) is 4.99 Å². The highest BCUT2D eigenvalue weighted by Crippen LogP contribution is 2.22. The quantitative estimate of drug-likeness (QED) is 0.617. The van der Waals surface area contributed by atoms with Crippen molar-refractivity contribution in [3.05, 3.63) is 29.1 Å². The minimum Gasteiger partial charge on any atom is -0.286 e. The second kappa shape index (κ2) is 2.70. The summed E-state index contributed by atoms with van der Waals surface area (Å²) in [5.74, 6) is 0.561. The number of aliphatic imine (C=N–C) groups is 1. The number of hydrogen-bond donors (Lipinski definition) is 0. The van der Waals surface area contributed by atoms with Crippen LogP contribution in [0.5, 0.6) is 0 Å². The van der Waals surface area contributed by atoms with Gasteiger partial charge in [-0.15, -0.1) is 0 Å². The molecule has 1 aliphatic rings. The molecule has 2 heteroatoms. The highest BCUT2D eigenvalue weighted by molar-refractivity contribution is 5.85.